The lowest BCUT2D eigenvalue weighted by Crippen LogP contribution is -2.41. The molecule has 2 aliphatic heterocycles. The maximum absolute atomic E-state index is 12.9. The highest BCUT2D eigenvalue weighted by Crippen LogP contribution is 2.41. The number of nitrogens with one attached hydrogen (secondary N) is 1. The molecule has 7 nitrogen and oxygen atoms in total. The average Bonchev–Trinajstić information content (AvgIpc) is 3.28. The van der Waals surface area contributed by atoms with E-state index in [1.54, 1.807) is 19.2 Å². The van der Waals surface area contributed by atoms with Crippen molar-refractivity contribution in [1.82, 2.24) is 9.62 Å². The Bertz CT molecular complexity index is 1070. The van der Waals surface area contributed by atoms with Gasteiger partial charge in [0, 0.05) is 36.7 Å². The molecule has 0 saturated carbocycles. The van der Waals surface area contributed by atoms with Crippen molar-refractivity contribution in [2.24, 2.45) is 0 Å². The van der Waals surface area contributed by atoms with Crippen molar-refractivity contribution in [3.05, 3.63) is 53.6 Å². The number of benzene rings is 2. The van der Waals surface area contributed by atoms with Crippen LogP contribution < -0.4 is 14.8 Å². The van der Waals surface area contributed by atoms with Crippen molar-refractivity contribution in [1.29, 1.82) is 0 Å². The third-order valence-electron chi connectivity index (χ3n) is 5.80. The van der Waals surface area contributed by atoms with Gasteiger partial charge in [0.1, 0.15) is 17.1 Å². The van der Waals surface area contributed by atoms with Crippen LogP contribution in [0.2, 0.25) is 0 Å². The van der Waals surface area contributed by atoms with Crippen LogP contribution in [0, 0.1) is 0 Å². The zero-order valence-corrected chi connectivity index (χ0v) is 18.9. The first kappa shape index (κ1) is 21.6. The van der Waals surface area contributed by atoms with Crippen molar-refractivity contribution in [2.75, 3.05) is 20.2 Å². The smallest absolute Gasteiger partial charge is 0.251 e. The Kier molecular flexibility index (Phi) is 5.70. The van der Waals surface area contributed by atoms with Gasteiger partial charge in [0.25, 0.3) is 5.91 Å². The summed E-state index contributed by atoms with van der Waals surface area (Å²) < 4.78 is 38.3. The largest absolute Gasteiger partial charge is 0.497 e. The molecule has 2 aromatic carbocycles. The second kappa shape index (κ2) is 8.16. The fourth-order valence-corrected chi connectivity index (χ4v) is 5.70. The number of rotatable bonds is 5. The number of methoxy groups -OCH3 is 1. The molecule has 31 heavy (non-hydrogen) atoms. The molecule has 1 N–H and O–H groups in total. The number of carbonyl (C=O) groups excluding carboxylic acids is 1. The highest BCUT2D eigenvalue weighted by Gasteiger charge is 2.35. The SMILES string of the molecule is COc1ccc2c(c1)OC(C)(C)C[C@@H]2NC(=O)c1ccc(S(=O)(=O)N2CCCC2)cc1. The van der Waals surface area contributed by atoms with Crippen LogP contribution in [0.3, 0.4) is 0 Å². The highest BCUT2D eigenvalue weighted by atomic mass is 32.2. The molecule has 1 atom stereocenters. The van der Waals surface area contributed by atoms with Crippen LogP contribution in [0.5, 0.6) is 11.5 Å². The van der Waals surface area contributed by atoms with E-state index in [9.17, 15) is 13.2 Å². The molecule has 1 saturated heterocycles. The quantitative estimate of drug-likeness (QED) is 0.763. The summed E-state index contributed by atoms with van der Waals surface area (Å²) in [7, 11) is -1.90. The van der Waals surface area contributed by atoms with E-state index in [1.807, 2.05) is 32.0 Å². The predicted molar refractivity (Wildman–Crippen MR) is 117 cm³/mol. The molecule has 0 aliphatic carbocycles. The van der Waals surface area contributed by atoms with Crippen LogP contribution in [0.15, 0.2) is 47.4 Å². The van der Waals surface area contributed by atoms with Crippen LogP contribution in [0.4, 0.5) is 0 Å². The first-order valence-electron chi connectivity index (χ1n) is 10.5. The molecular weight excluding hydrogens is 416 g/mol. The first-order chi connectivity index (χ1) is 14.7. The molecule has 2 aliphatic rings. The number of hydrogen-bond acceptors (Lipinski definition) is 5. The zero-order chi connectivity index (χ0) is 22.2. The molecule has 1 amide bonds. The standard InChI is InChI=1S/C23H28N2O5S/c1-23(2)15-20(19-11-8-17(29-3)14-21(19)30-23)24-22(26)16-6-9-18(10-7-16)31(27,28)25-12-4-5-13-25/h6-11,14,20H,4-5,12-13,15H2,1-3H3,(H,24,26)/t20-/m0/s1. The number of nitrogens with zero attached hydrogens (tertiary/aromatic N) is 1. The van der Waals surface area contributed by atoms with Gasteiger partial charge in [-0.1, -0.05) is 0 Å². The van der Waals surface area contributed by atoms with E-state index in [2.05, 4.69) is 5.32 Å². The summed E-state index contributed by atoms with van der Waals surface area (Å²) in [6, 6.07) is 11.5. The molecular formula is C23H28N2O5S. The molecule has 166 valence electrons. The molecule has 0 radical (unpaired) electrons. The Morgan fingerprint density at radius 1 is 1.13 bits per heavy atom. The second-order valence-corrected chi connectivity index (χ2v) is 10.6. The number of amides is 1. The highest BCUT2D eigenvalue weighted by molar-refractivity contribution is 7.89. The minimum Gasteiger partial charge on any atom is -0.497 e. The van der Waals surface area contributed by atoms with Gasteiger partial charge in [0.15, 0.2) is 0 Å². The van der Waals surface area contributed by atoms with E-state index in [4.69, 9.17) is 9.47 Å². The van der Waals surface area contributed by atoms with Gasteiger partial charge in [0.2, 0.25) is 10.0 Å². The Morgan fingerprint density at radius 3 is 2.45 bits per heavy atom. The summed E-state index contributed by atoms with van der Waals surface area (Å²) in [6.07, 6.45) is 2.38. The zero-order valence-electron chi connectivity index (χ0n) is 18.1. The van der Waals surface area contributed by atoms with E-state index in [1.165, 1.54) is 16.4 Å². The Balaban J connectivity index is 1.53. The third-order valence-corrected chi connectivity index (χ3v) is 7.72. The summed E-state index contributed by atoms with van der Waals surface area (Å²) in [5, 5.41) is 3.08. The third kappa shape index (κ3) is 4.41. The van der Waals surface area contributed by atoms with Crippen LogP contribution >= 0.6 is 0 Å². The normalized spacial score (nSPS) is 20.5. The monoisotopic (exact) mass is 444 g/mol. The van der Waals surface area contributed by atoms with Gasteiger partial charge >= 0.3 is 0 Å². The fourth-order valence-electron chi connectivity index (χ4n) is 4.18. The van der Waals surface area contributed by atoms with Crippen LogP contribution in [-0.4, -0.2) is 44.4 Å². The lowest BCUT2D eigenvalue weighted by Gasteiger charge is -2.38. The summed E-state index contributed by atoms with van der Waals surface area (Å²) in [5.41, 5.74) is 0.853. The minimum absolute atomic E-state index is 0.218. The second-order valence-electron chi connectivity index (χ2n) is 8.63. The first-order valence-corrected chi connectivity index (χ1v) is 11.9. The summed E-state index contributed by atoms with van der Waals surface area (Å²) in [5.74, 6) is 1.12. The van der Waals surface area contributed by atoms with Gasteiger partial charge < -0.3 is 14.8 Å². The number of ether oxygens (including phenoxy) is 2. The van der Waals surface area contributed by atoms with Crippen molar-refractivity contribution in [2.45, 2.75) is 49.6 Å². The molecule has 0 aromatic heterocycles. The molecule has 0 unspecified atom stereocenters. The van der Waals surface area contributed by atoms with Gasteiger partial charge in [-0.05, 0) is 63.1 Å². The number of sulfonamides is 1. The Hall–Kier alpha value is -2.58. The van der Waals surface area contributed by atoms with Crippen LogP contribution in [0.1, 0.15) is 55.1 Å². The fraction of sp³-hybridized carbons (Fsp3) is 0.435. The van der Waals surface area contributed by atoms with Gasteiger partial charge in [-0.25, -0.2) is 8.42 Å². The molecule has 1 fully saturated rings. The number of fused-ring (bicyclic) bond motifs is 1. The molecule has 0 bridgehead atoms. The topological polar surface area (TPSA) is 84.9 Å². The van der Waals surface area contributed by atoms with Gasteiger partial charge in [0.05, 0.1) is 18.0 Å². The van der Waals surface area contributed by atoms with Crippen molar-refractivity contribution in [3.63, 3.8) is 0 Å². The molecule has 2 heterocycles. The lowest BCUT2D eigenvalue weighted by atomic mass is 9.89. The van der Waals surface area contributed by atoms with Crippen molar-refractivity contribution < 1.29 is 22.7 Å². The molecule has 8 heteroatoms. The maximum atomic E-state index is 12.9. The minimum atomic E-state index is -3.50. The summed E-state index contributed by atoms with van der Waals surface area (Å²) >= 11 is 0. The van der Waals surface area contributed by atoms with E-state index in [-0.39, 0.29) is 16.8 Å². The van der Waals surface area contributed by atoms with E-state index < -0.39 is 15.6 Å². The maximum Gasteiger partial charge on any atom is 0.251 e. The number of carbonyl (C=O) groups is 1. The molecule has 0 spiro atoms. The average molecular weight is 445 g/mol. The molecule has 4 rings (SSSR count). The number of hydrogen-bond donors (Lipinski definition) is 1. The van der Waals surface area contributed by atoms with Gasteiger partial charge in [-0.15, -0.1) is 0 Å². The van der Waals surface area contributed by atoms with E-state index in [0.717, 1.165) is 18.4 Å². The van der Waals surface area contributed by atoms with E-state index in [0.29, 0.717) is 36.6 Å². The van der Waals surface area contributed by atoms with Crippen LogP contribution in [-0.2, 0) is 10.0 Å². The molecule has 2 aromatic rings. The Labute approximate surface area is 183 Å². The van der Waals surface area contributed by atoms with Crippen LogP contribution in [0.25, 0.3) is 0 Å². The lowest BCUT2D eigenvalue weighted by molar-refractivity contribution is 0.0617. The van der Waals surface area contributed by atoms with Gasteiger partial charge in [-0.2, -0.15) is 4.31 Å². The van der Waals surface area contributed by atoms with Gasteiger partial charge in [-0.3, -0.25) is 4.79 Å². The van der Waals surface area contributed by atoms with Crippen molar-refractivity contribution >= 4 is 15.9 Å². The van der Waals surface area contributed by atoms with Crippen molar-refractivity contribution in [3.8, 4) is 11.5 Å². The van der Waals surface area contributed by atoms with E-state index >= 15 is 0 Å². The Morgan fingerprint density at radius 2 is 1.81 bits per heavy atom. The predicted octanol–water partition coefficient (Wildman–Crippen LogP) is 3.51. The summed E-state index contributed by atoms with van der Waals surface area (Å²) in [4.78, 5) is 13.2. The summed E-state index contributed by atoms with van der Waals surface area (Å²) in [6.45, 7) is 5.06.